The smallest absolute Gasteiger partial charge is 0.255 e. The Labute approximate surface area is 197 Å². The van der Waals surface area contributed by atoms with Gasteiger partial charge in [0, 0.05) is 24.4 Å². The summed E-state index contributed by atoms with van der Waals surface area (Å²) < 4.78 is 0. The van der Waals surface area contributed by atoms with Gasteiger partial charge in [0.2, 0.25) is 0 Å². The molecule has 1 atom stereocenters. The van der Waals surface area contributed by atoms with E-state index in [1.807, 2.05) is 36.1 Å². The highest BCUT2D eigenvalue weighted by molar-refractivity contribution is 6.07. The molecule has 1 saturated heterocycles. The van der Waals surface area contributed by atoms with Gasteiger partial charge in [-0.1, -0.05) is 36.4 Å². The number of aromatic nitrogens is 3. The number of benzene rings is 2. The maximum absolute atomic E-state index is 14.2. The Kier molecular flexibility index (Phi) is 4.83. The van der Waals surface area contributed by atoms with Crippen molar-refractivity contribution in [3.63, 3.8) is 0 Å². The van der Waals surface area contributed by atoms with Crippen LogP contribution in [-0.2, 0) is 0 Å². The highest BCUT2D eigenvalue weighted by atomic mass is 16.3. The molecular weight excluding hydrogens is 426 g/mol. The van der Waals surface area contributed by atoms with Gasteiger partial charge in [-0.25, -0.2) is 4.98 Å². The van der Waals surface area contributed by atoms with Gasteiger partial charge in [0.1, 0.15) is 5.75 Å². The van der Waals surface area contributed by atoms with Gasteiger partial charge in [-0.2, -0.15) is 5.10 Å². The molecule has 6 rings (SSSR count). The summed E-state index contributed by atoms with van der Waals surface area (Å²) in [5.41, 5.74) is 5.76. The maximum Gasteiger partial charge on any atom is 0.255 e. The molecule has 2 aromatic carbocycles. The van der Waals surface area contributed by atoms with E-state index in [0.717, 1.165) is 41.7 Å². The van der Waals surface area contributed by atoms with E-state index < -0.39 is 0 Å². The number of rotatable bonds is 3. The molecule has 0 aliphatic carbocycles. The van der Waals surface area contributed by atoms with Gasteiger partial charge < -0.3 is 14.9 Å². The van der Waals surface area contributed by atoms with Crippen molar-refractivity contribution in [3.8, 4) is 17.0 Å². The lowest BCUT2D eigenvalue weighted by Gasteiger charge is -2.42. The van der Waals surface area contributed by atoms with Crippen molar-refractivity contribution in [1.82, 2.24) is 25.0 Å². The quantitative estimate of drug-likeness (QED) is 0.482. The fraction of sp³-hybridized carbons (Fsp3) is 0.222. The topological polar surface area (TPSA) is 85.3 Å². The van der Waals surface area contributed by atoms with Gasteiger partial charge >= 0.3 is 0 Å². The summed E-state index contributed by atoms with van der Waals surface area (Å²) >= 11 is 0. The number of hydrogen-bond acceptors (Lipinski definition) is 5. The van der Waals surface area contributed by atoms with E-state index in [9.17, 15) is 9.90 Å². The fourth-order valence-corrected chi connectivity index (χ4v) is 5.09. The van der Waals surface area contributed by atoms with Crippen molar-refractivity contribution in [2.75, 3.05) is 19.6 Å². The average Bonchev–Trinajstić information content (AvgIpc) is 3.49. The summed E-state index contributed by atoms with van der Waals surface area (Å²) in [6.45, 7) is 4.26. The number of carbonyl (C=O) groups excluding carboxylic acids is 1. The number of pyridine rings is 1. The van der Waals surface area contributed by atoms with Crippen LogP contribution in [0.2, 0.25) is 0 Å². The molecule has 1 fully saturated rings. The average molecular weight is 452 g/mol. The van der Waals surface area contributed by atoms with Crippen molar-refractivity contribution >= 4 is 16.9 Å². The molecule has 0 bridgehead atoms. The van der Waals surface area contributed by atoms with Gasteiger partial charge in [-0.15, -0.1) is 0 Å². The molecular formula is C27H25N5O2. The number of fused-ring (bicyclic) bond motifs is 2. The molecule has 1 unspecified atom stereocenters. The van der Waals surface area contributed by atoms with Crippen molar-refractivity contribution < 1.29 is 9.90 Å². The van der Waals surface area contributed by atoms with Crippen molar-refractivity contribution in [2.24, 2.45) is 0 Å². The van der Waals surface area contributed by atoms with Crippen LogP contribution in [0.4, 0.5) is 0 Å². The highest BCUT2D eigenvalue weighted by Crippen LogP contribution is 2.35. The molecule has 2 aromatic heterocycles. The number of H-pyrrole nitrogens is 1. The molecule has 4 heterocycles. The minimum atomic E-state index is -0.0449. The zero-order valence-electron chi connectivity index (χ0n) is 18.9. The molecule has 7 heteroatoms. The number of aromatic amines is 1. The first-order valence-corrected chi connectivity index (χ1v) is 11.5. The van der Waals surface area contributed by atoms with Crippen LogP contribution in [-0.4, -0.2) is 55.6 Å². The summed E-state index contributed by atoms with van der Waals surface area (Å²) in [7, 11) is 0. The Balaban J connectivity index is 1.48. The number of amides is 1. The van der Waals surface area contributed by atoms with Crippen LogP contribution in [0.1, 0.15) is 34.1 Å². The number of aromatic hydroxyl groups is 1. The van der Waals surface area contributed by atoms with E-state index in [4.69, 9.17) is 4.98 Å². The van der Waals surface area contributed by atoms with E-state index in [1.54, 1.807) is 24.3 Å². The number of aryl methyl sites for hydroxylation is 1. The lowest BCUT2D eigenvalue weighted by molar-refractivity contribution is 0.0575. The molecule has 2 aliphatic heterocycles. The van der Waals surface area contributed by atoms with E-state index in [-0.39, 0.29) is 17.7 Å². The number of nitrogens with zero attached hydrogens (tertiary/aromatic N) is 4. The van der Waals surface area contributed by atoms with Gasteiger partial charge in [-0.05, 0) is 49.2 Å². The van der Waals surface area contributed by atoms with E-state index >= 15 is 0 Å². The van der Waals surface area contributed by atoms with E-state index in [0.29, 0.717) is 23.4 Å². The zero-order chi connectivity index (χ0) is 23.2. The summed E-state index contributed by atoms with van der Waals surface area (Å²) in [5, 5.41) is 17.8. The minimum Gasteiger partial charge on any atom is -0.508 e. The van der Waals surface area contributed by atoms with E-state index in [1.165, 1.54) is 5.70 Å². The zero-order valence-corrected chi connectivity index (χ0v) is 18.9. The van der Waals surface area contributed by atoms with Crippen LogP contribution in [0.25, 0.3) is 22.3 Å². The summed E-state index contributed by atoms with van der Waals surface area (Å²) in [6.07, 6.45) is 3.26. The number of carbonyl (C=O) groups is 1. The Bertz CT molecular complexity index is 1410. The second kappa shape index (κ2) is 8.02. The summed E-state index contributed by atoms with van der Waals surface area (Å²) in [6, 6.07) is 18.9. The van der Waals surface area contributed by atoms with Crippen LogP contribution in [0.15, 0.2) is 72.4 Å². The van der Waals surface area contributed by atoms with Crippen LogP contribution in [0, 0.1) is 6.92 Å². The molecule has 0 spiro atoms. The fourth-order valence-electron chi connectivity index (χ4n) is 5.09. The van der Waals surface area contributed by atoms with Gasteiger partial charge in [0.15, 0.2) is 5.65 Å². The van der Waals surface area contributed by atoms with Gasteiger partial charge in [0.25, 0.3) is 5.91 Å². The summed E-state index contributed by atoms with van der Waals surface area (Å²) in [4.78, 5) is 23.4. The van der Waals surface area contributed by atoms with Crippen molar-refractivity contribution in [3.05, 3.63) is 89.3 Å². The first kappa shape index (κ1) is 20.5. The minimum absolute atomic E-state index is 0.0294. The Hall–Kier alpha value is -4.13. The van der Waals surface area contributed by atoms with Crippen molar-refractivity contribution in [1.29, 1.82) is 0 Å². The third-order valence-electron chi connectivity index (χ3n) is 6.84. The molecule has 2 N–H and O–H groups in total. The standard InChI is InChI=1S/C27H25N5O2/c1-17-25-22(14-23(28-26(25)30-29-17)18-9-11-21(33)12-10-18)27(34)32-15-20-8-5-13-31(20)16-24(32)19-6-3-2-4-7-19/h2-4,6-12,14,24,33H,5,13,15-16H2,1H3,(H,28,29,30). The first-order valence-electron chi connectivity index (χ1n) is 11.5. The van der Waals surface area contributed by atoms with Crippen LogP contribution < -0.4 is 0 Å². The first-order chi connectivity index (χ1) is 16.6. The van der Waals surface area contributed by atoms with Crippen LogP contribution in [0.5, 0.6) is 5.75 Å². The Morgan fingerprint density at radius 1 is 1.12 bits per heavy atom. The van der Waals surface area contributed by atoms with Gasteiger partial charge in [0.05, 0.1) is 34.9 Å². The maximum atomic E-state index is 14.2. The number of hydrogen-bond donors (Lipinski definition) is 2. The van der Waals surface area contributed by atoms with Crippen LogP contribution >= 0.6 is 0 Å². The Morgan fingerprint density at radius 2 is 1.91 bits per heavy atom. The van der Waals surface area contributed by atoms with Gasteiger partial charge in [-0.3, -0.25) is 9.89 Å². The molecule has 170 valence electrons. The molecule has 0 radical (unpaired) electrons. The lowest BCUT2D eigenvalue weighted by atomic mass is 9.98. The number of phenols is 1. The third kappa shape index (κ3) is 3.41. The molecule has 34 heavy (non-hydrogen) atoms. The summed E-state index contributed by atoms with van der Waals surface area (Å²) in [5.74, 6) is 0.158. The van der Waals surface area contributed by atoms with E-state index in [2.05, 4.69) is 33.3 Å². The second-order valence-electron chi connectivity index (χ2n) is 8.92. The predicted octanol–water partition coefficient (Wildman–Crippen LogP) is 4.43. The molecule has 7 nitrogen and oxygen atoms in total. The molecule has 0 saturated carbocycles. The molecule has 4 aromatic rings. The normalized spacial score (nSPS) is 17.7. The molecule has 2 aliphatic rings. The lowest BCUT2D eigenvalue weighted by Crippen LogP contribution is -2.48. The number of nitrogens with one attached hydrogen (secondary N) is 1. The SMILES string of the molecule is Cc1n[nH]c2nc(-c3ccc(O)cc3)cc(C(=O)N3CC4=CCCN4CC3c3ccccc3)c12. The second-order valence-corrected chi connectivity index (χ2v) is 8.92. The highest BCUT2D eigenvalue weighted by Gasteiger charge is 2.36. The third-order valence-corrected chi connectivity index (χ3v) is 6.84. The number of piperazine rings is 1. The largest absolute Gasteiger partial charge is 0.508 e. The number of phenolic OH excluding ortho intramolecular Hbond substituents is 1. The van der Waals surface area contributed by atoms with Crippen molar-refractivity contribution in [2.45, 2.75) is 19.4 Å². The van der Waals surface area contributed by atoms with Crippen LogP contribution in [0.3, 0.4) is 0 Å². The molecule has 1 amide bonds. The monoisotopic (exact) mass is 451 g/mol. The predicted molar refractivity (Wildman–Crippen MR) is 130 cm³/mol. The Morgan fingerprint density at radius 3 is 2.71 bits per heavy atom.